The van der Waals surface area contributed by atoms with Gasteiger partial charge in [0.15, 0.2) is 5.78 Å². The van der Waals surface area contributed by atoms with E-state index in [0.29, 0.717) is 16.9 Å². The Kier molecular flexibility index (Phi) is 5.86. The number of nitrogens with one attached hydrogen (secondary N) is 1. The number of rotatable bonds is 5. The van der Waals surface area contributed by atoms with Gasteiger partial charge >= 0.3 is 0 Å². The van der Waals surface area contributed by atoms with Crippen molar-refractivity contribution < 1.29 is 14.3 Å². The molecule has 0 fully saturated rings. The van der Waals surface area contributed by atoms with Crippen LogP contribution in [-0.2, 0) is 0 Å². The highest BCUT2D eigenvalue weighted by atomic mass is 16.5. The average Bonchev–Trinajstić information content (AvgIpc) is 2.58. The van der Waals surface area contributed by atoms with Crippen LogP contribution in [0.2, 0.25) is 0 Å². The van der Waals surface area contributed by atoms with Crippen LogP contribution in [-0.4, -0.2) is 24.8 Å². The van der Waals surface area contributed by atoms with E-state index >= 15 is 0 Å². The summed E-state index contributed by atoms with van der Waals surface area (Å²) < 4.78 is 5.29. The van der Waals surface area contributed by atoms with Crippen LogP contribution in [0.1, 0.15) is 52.6 Å². The molecule has 0 saturated heterocycles. The van der Waals surface area contributed by atoms with Crippen molar-refractivity contribution in [2.24, 2.45) is 5.41 Å². The van der Waals surface area contributed by atoms with Gasteiger partial charge in [-0.3, -0.25) is 9.59 Å². The number of amides is 1. The first-order valence-corrected chi connectivity index (χ1v) is 8.70. The second-order valence-corrected chi connectivity index (χ2v) is 7.64. The van der Waals surface area contributed by atoms with Gasteiger partial charge in [-0.1, -0.05) is 50.6 Å². The summed E-state index contributed by atoms with van der Waals surface area (Å²) in [5.41, 5.74) is 2.45. The molecule has 0 heterocycles. The van der Waals surface area contributed by atoms with Crippen molar-refractivity contribution in [2.45, 2.75) is 40.7 Å². The molecule has 2 rings (SSSR count). The predicted octanol–water partition coefficient (Wildman–Crippen LogP) is 4.34. The highest BCUT2D eigenvalue weighted by Gasteiger charge is 2.34. The fourth-order valence-electron chi connectivity index (χ4n) is 2.93. The van der Waals surface area contributed by atoms with Crippen molar-refractivity contribution in [1.29, 1.82) is 0 Å². The zero-order valence-corrected chi connectivity index (χ0v) is 16.3. The van der Waals surface area contributed by atoms with Crippen molar-refractivity contribution >= 4 is 11.7 Å². The van der Waals surface area contributed by atoms with E-state index in [-0.39, 0.29) is 11.7 Å². The summed E-state index contributed by atoms with van der Waals surface area (Å²) in [6.45, 7) is 9.63. The quantitative estimate of drug-likeness (QED) is 0.814. The Balaban J connectivity index is 2.35. The van der Waals surface area contributed by atoms with E-state index < -0.39 is 11.5 Å². The van der Waals surface area contributed by atoms with Gasteiger partial charge in [-0.05, 0) is 37.5 Å². The second-order valence-electron chi connectivity index (χ2n) is 7.64. The first-order valence-electron chi connectivity index (χ1n) is 8.70. The summed E-state index contributed by atoms with van der Waals surface area (Å²) in [6.07, 6.45) is 0. The maximum Gasteiger partial charge on any atom is 0.252 e. The smallest absolute Gasteiger partial charge is 0.252 e. The van der Waals surface area contributed by atoms with E-state index in [2.05, 4.69) is 5.32 Å². The Morgan fingerprint density at radius 2 is 1.69 bits per heavy atom. The third-order valence-electron chi connectivity index (χ3n) is 4.45. The molecule has 138 valence electrons. The molecule has 2 aromatic carbocycles. The molecule has 1 N–H and O–H groups in total. The van der Waals surface area contributed by atoms with E-state index in [9.17, 15) is 9.59 Å². The highest BCUT2D eigenvalue weighted by Crippen LogP contribution is 2.25. The number of hydrogen-bond donors (Lipinski definition) is 1. The lowest BCUT2D eigenvalue weighted by molar-refractivity contribution is 0.0781. The van der Waals surface area contributed by atoms with Crippen molar-refractivity contribution in [3.05, 3.63) is 64.7 Å². The molecule has 0 bridgehead atoms. The number of ether oxygens (including phenoxy) is 1. The number of aryl methyl sites for hydroxylation is 1. The number of carbonyl (C=O) groups is 2. The van der Waals surface area contributed by atoms with Crippen molar-refractivity contribution in [3.63, 3.8) is 0 Å². The van der Waals surface area contributed by atoms with Crippen LogP contribution in [0, 0.1) is 19.3 Å². The fourth-order valence-corrected chi connectivity index (χ4v) is 2.93. The van der Waals surface area contributed by atoms with Gasteiger partial charge in [0.1, 0.15) is 5.75 Å². The standard InChI is InChI=1S/C22H27NO3/c1-14-9-7-10-16(13-14)19(24)20(22(3,4)5)23-21(25)17-11-8-12-18(26-6)15(17)2/h7-13,20H,1-6H3,(H,23,25). The second kappa shape index (κ2) is 7.73. The normalized spacial score (nSPS) is 12.4. The van der Waals surface area contributed by atoms with Crippen LogP contribution in [0.4, 0.5) is 0 Å². The van der Waals surface area contributed by atoms with Gasteiger partial charge in [-0.2, -0.15) is 0 Å². The summed E-state index contributed by atoms with van der Waals surface area (Å²) in [5.74, 6) is 0.285. The molecule has 4 nitrogen and oxygen atoms in total. The molecule has 0 aliphatic rings. The lowest BCUT2D eigenvalue weighted by atomic mass is 9.81. The zero-order valence-electron chi connectivity index (χ0n) is 16.3. The molecule has 0 aliphatic carbocycles. The lowest BCUT2D eigenvalue weighted by Crippen LogP contribution is -2.49. The molecular formula is C22H27NO3. The molecule has 1 atom stereocenters. The summed E-state index contributed by atoms with van der Waals surface area (Å²) >= 11 is 0. The molecule has 0 aromatic heterocycles. The summed E-state index contributed by atoms with van der Waals surface area (Å²) in [5, 5.41) is 2.94. The van der Waals surface area contributed by atoms with Gasteiger partial charge in [-0.25, -0.2) is 0 Å². The maximum atomic E-state index is 13.1. The third-order valence-corrected chi connectivity index (χ3v) is 4.45. The Morgan fingerprint density at radius 1 is 1.04 bits per heavy atom. The molecule has 1 amide bonds. The van der Waals surface area contributed by atoms with Gasteiger partial charge < -0.3 is 10.1 Å². The van der Waals surface area contributed by atoms with Crippen LogP contribution in [0.5, 0.6) is 5.75 Å². The van der Waals surface area contributed by atoms with E-state index in [4.69, 9.17) is 4.74 Å². The minimum Gasteiger partial charge on any atom is -0.496 e. The molecule has 4 heteroatoms. The molecule has 0 saturated carbocycles. The zero-order chi connectivity index (χ0) is 19.5. The maximum absolute atomic E-state index is 13.1. The Morgan fingerprint density at radius 3 is 2.27 bits per heavy atom. The van der Waals surface area contributed by atoms with Crippen LogP contribution in [0.25, 0.3) is 0 Å². The van der Waals surface area contributed by atoms with Crippen molar-refractivity contribution in [2.75, 3.05) is 7.11 Å². The third kappa shape index (κ3) is 4.31. The van der Waals surface area contributed by atoms with E-state index in [0.717, 1.165) is 11.1 Å². The van der Waals surface area contributed by atoms with Gasteiger partial charge in [0.2, 0.25) is 0 Å². The molecule has 0 aliphatic heterocycles. The molecule has 1 unspecified atom stereocenters. The SMILES string of the molecule is COc1cccc(C(=O)NC(C(=O)c2cccc(C)c2)C(C)(C)C)c1C. The molecule has 26 heavy (non-hydrogen) atoms. The molecule has 0 radical (unpaired) electrons. The summed E-state index contributed by atoms with van der Waals surface area (Å²) in [4.78, 5) is 26.0. The first-order chi connectivity index (χ1) is 12.1. The van der Waals surface area contributed by atoms with Crippen LogP contribution in [0.3, 0.4) is 0 Å². The number of Topliss-reactive ketones (excluding diaryl/α,β-unsaturated/α-hetero) is 1. The van der Waals surface area contributed by atoms with Crippen LogP contribution >= 0.6 is 0 Å². The fraction of sp³-hybridized carbons (Fsp3) is 0.364. The van der Waals surface area contributed by atoms with Crippen LogP contribution < -0.4 is 10.1 Å². The summed E-state index contributed by atoms with van der Waals surface area (Å²) in [7, 11) is 1.57. The van der Waals surface area contributed by atoms with E-state index in [1.165, 1.54) is 0 Å². The molecular weight excluding hydrogens is 326 g/mol. The van der Waals surface area contributed by atoms with Crippen molar-refractivity contribution in [3.8, 4) is 5.75 Å². The first kappa shape index (κ1) is 19.7. The Labute approximate surface area is 155 Å². The van der Waals surface area contributed by atoms with E-state index in [1.54, 1.807) is 25.3 Å². The molecule has 0 spiro atoms. The topological polar surface area (TPSA) is 55.4 Å². The molecule has 2 aromatic rings. The van der Waals surface area contributed by atoms with E-state index in [1.807, 2.05) is 58.9 Å². The number of hydrogen-bond acceptors (Lipinski definition) is 3. The largest absolute Gasteiger partial charge is 0.496 e. The minimum absolute atomic E-state index is 0.0879. The highest BCUT2D eigenvalue weighted by molar-refractivity contribution is 6.05. The van der Waals surface area contributed by atoms with Gasteiger partial charge in [0.25, 0.3) is 5.91 Å². The average molecular weight is 353 g/mol. The number of benzene rings is 2. The number of ketones is 1. The monoisotopic (exact) mass is 353 g/mol. The van der Waals surface area contributed by atoms with Gasteiger partial charge in [-0.15, -0.1) is 0 Å². The van der Waals surface area contributed by atoms with Crippen molar-refractivity contribution in [1.82, 2.24) is 5.32 Å². The Bertz CT molecular complexity index is 818. The summed E-state index contributed by atoms with van der Waals surface area (Å²) in [6, 6.07) is 12.1. The Hall–Kier alpha value is -2.62. The van der Waals surface area contributed by atoms with Gasteiger partial charge in [0, 0.05) is 16.7 Å². The predicted molar refractivity (Wildman–Crippen MR) is 104 cm³/mol. The minimum atomic E-state index is -0.637. The van der Waals surface area contributed by atoms with Crippen LogP contribution in [0.15, 0.2) is 42.5 Å². The number of carbonyl (C=O) groups excluding carboxylic acids is 2. The van der Waals surface area contributed by atoms with Gasteiger partial charge in [0.05, 0.1) is 13.2 Å². The lowest BCUT2D eigenvalue weighted by Gasteiger charge is -2.30. The number of methoxy groups -OCH3 is 1.